The van der Waals surface area contributed by atoms with Gasteiger partial charge in [-0.1, -0.05) is 0 Å². The number of sulfonamides is 1. The molecule has 1 fully saturated rings. The normalized spacial score (nSPS) is 19.9. The van der Waals surface area contributed by atoms with Gasteiger partial charge in [-0.25, -0.2) is 13.6 Å². The molecular weight excluding hydrogens is 320 g/mol. The average Bonchev–Trinajstić information content (AvgIpc) is 2.92. The maximum atomic E-state index is 11.0. The fraction of sp³-hybridized carbons (Fsp3) is 0.692. The second-order valence-electron chi connectivity index (χ2n) is 5.36. The summed E-state index contributed by atoms with van der Waals surface area (Å²) in [6, 6.07) is 0. The summed E-state index contributed by atoms with van der Waals surface area (Å²) in [6.45, 7) is 4.69. The van der Waals surface area contributed by atoms with E-state index in [9.17, 15) is 8.42 Å². The molecule has 0 aliphatic carbocycles. The minimum absolute atomic E-state index is 0.0838. The zero-order valence-electron chi connectivity index (χ0n) is 13.5. The first-order valence-electron chi connectivity index (χ1n) is 7.53. The molecule has 1 unspecified atom stereocenters. The van der Waals surface area contributed by atoms with E-state index in [0.717, 1.165) is 5.56 Å². The van der Waals surface area contributed by atoms with Gasteiger partial charge in [-0.2, -0.15) is 5.10 Å². The SMILES string of the molecule is CCNC(=NCCS(N)(=O)=O)N1CCOC(c2cnn(C)c2)C1. The van der Waals surface area contributed by atoms with Gasteiger partial charge in [0.15, 0.2) is 5.96 Å². The predicted octanol–water partition coefficient (Wildman–Crippen LogP) is -0.953. The van der Waals surface area contributed by atoms with Crippen molar-refractivity contribution in [1.29, 1.82) is 0 Å². The number of aromatic nitrogens is 2. The molecule has 0 aromatic carbocycles. The monoisotopic (exact) mass is 344 g/mol. The Bertz CT molecular complexity index is 642. The highest BCUT2D eigenvalue weighted by Crippen LogP contribution is 2.21. The van der Waals surface area contributed by atoms with Gasteiger partial charge in [-0.3, -0.25) is 9.67 Å². The Morgan fingerprint density at radius 3 is 3.00 bits per heavy atom. The van der Waals surface area contributed by atoms with Crippen LogP contribution in [0.25, 0.3) is 0 Å². The van der Waals surface area contributed by atoms with Gasteiger partial charge in [0.05, 0.1) is 31.6 Å². The van der Waals surface area contributed by atoms with Crippen LogP contribution in [0.2, 0.25) is 0 Å². The Labute approximate surface area is 136 Å². The Hall–Kier alpha value is -1.65. The van der Waals surface area contributed by atoms with Crippen molar-refractivity contribution in [2.24, 2.45) is 17.2 Å². The molecule has 23 heavy (non-hydrogen) atoms. The molecule has 9 nitrogen and oxygen atoms in total. The molecule has 1 saturated heterocycles. The third kappa shape index (κ3) is 5.48. The molecule has 1 aliphatic rings. The standard InChI is InChI=1S/C13H24N6O3S/c1-3-15-13(16-4-7-23(14,20)21)19-5-6-22-12(10-19)11-8-17-18(2)9-11/h8-9,12H,3-7,10H2,1-2H3,(H,15,16)(H2,14,20,21). The van der Waals surface area contributed by atoms with Crippen LogP contribution in [-0.2, 0) is 21.8 Å². The van der Waals surface area contributed by atoms with Gasteiger partial charge in [-0.15, -0.1) is 0 Å². The zero-order valence-corrected chi connectivity index (χ0v) is 14.3. The van der Waals surface area contributed by atoms with Crippen molar-refractivity contribution in [3.8, 4) is 0 Å². The third-order valence-electron chi connectivity index (χ3n) is 3.43. The van der Waals surface area contributed by atoms with Crippen molar-refractivity contribution in [3.63, 3.8) is 0 Å². The minimum Gasteiger partial charge on any atom is -0.370 e. The van der Waals surface area contributed by atoms with Crippen LogP contribution in [0.15, 0.2) is 17.4 Å². The number of ether oxygens (including phenoxy) is 1. The fourth-order valence-electron chi connectivity index (χ4n) is 2.35. The molecule has 0 saturated carbocycles. The minimum atomic E-state index is -3.51. The van der Waals surface area contributed by atoms with E-state index in [-0.39, 0.29) is 18.4 Å². The molecule has 2 rings (SSSR count). The number of guanidine groups is 1. The summed E-state index contributed by atoms with van der Waals surface area (Å²) in [5, 5.41) is 12.4. The number of aryl methyl sites for hydroxylation is 1. The van der Waals surface area contributed by atoms with Crippen molar-refractivity contribution in [1.82, 2.24) is 20.0 Å². The maximum Gasteiger partial charge on any atom is 0.210 e. The van der Waals surface area contributed by atoms with Gasteiger partial charge in [0, 0.05) is 31.9 Å². The molecule has 0 radical (unpaired) electrons. The quantitative estimate of drug-likeness (QED) is 0.525. The van der Waals surface area contributed by atoms with Crippen LogP contribution < -0.4 is 10.5 Å². The zero-order chi connectivity index (χ0) is 16.9. The van der Waals surface area contributed by atoms with E-state index >= 15 is 0 Å². The Morgan fingerprint density at radius 2 is 2.39 bits per heavy atom. The molecule has 0 spiro atoms. The van der Waals surface area contributed by atoms with Gasteiger partial charge < -0.3 is 15.0 Å². The number of aliphatic imine (C=N–C) groups is 1. The largest absolute Gasteiger partial charge is 0.370 e. The summed E-state index contributed by atoms with van der Waals surface area (Å²) < 4.78 is 29.6. The van der Waals surface area contributed by atoms with Crippen LogP contribution in [0.1, 0.15) is 18.6 Å². The van der Waals surface area contributed by atoms with Gasteiger partial charge >= 0.3 is 0 Å². The lowest BCUT2D eigenvalue weighted by Crippen LogP contribution is -2.48. The van der Waals surface area contributed by atoms with Crippen molar-refractivity contribution in [2.45, 2.75) is 13.0 Å². The van der Waals surface area contributed by atoms with E-state index in [1.165, 1.54) is 0 Å². The van der Waals surface area contributed by atoms with Crippen LogP contribution in [0.4, 0.5) is 0 Å². The van der Waals surface area contributed by atoms with E-state index in [1.54, 1.807) is 10.9 Å². The average molecular weight is 344 g/mol. The maximum absolute atomic E-state index is 11.0. The second-order valence-corrected chi connectivity index (χ2v) is 7.09. The number of nitrogens with zero attached hydrogens (tertiary/aromatic N) is 4. The highest BCUT2D eigenvalue weighted by atomic mass is 32.2. The first-order valence-corrected chi connectivity index (χ1v) is 9.24. The highest BCUT2D eigenvalue weighted by Gasteiger charge is 2.25. The summed E-state index contributed by atoms with van der Waals surface area (Å²) in [5.41, 5.74) is 1.01. The van der Waals surface area contributed by atoms with Crippen molar-refractivity contribution in [3.05, 3.63) is 18.0 Å². The number of nitrogens with two attached hydrogens (primary N) is 1. The lowest BCUT2D eigenvalue weighted by molar-refractivity contribution is -0.00802. The van der Waals surface area contributed by atoms with Crippen molar-refractivity contribution >= 4 is 16.0 Å². The number of hydrogen-bond acceptors (Lipinski definition) is 5. The second kappa shape index (κ2) is 7.75. The van der Waals surface area contributed by atoms with Crippen molar-refractivity contribution < 1.29 is 13.2 Å². The molecule has 0 bridgehead atoms. The first kappa shape index (κ1) is 17.7. The summed E-state index contributed by atoms with van der Waals surface area (Å²) in [4.78, 5) is 6.42. The number of morpholine rings is 1. The Balaban J connectivity index is 2.04. The number of rotatable bonds is 5. The van der Waals surface area contributed by atoms with E-state index in [1.807, 2.05) is 20.2 Å². The predicted molar refractivity (Wildman–Crippen MR) is 87.4 cm³/mol. The molecule has 3 N–H and O–H groups in total. The summed E-state index contributed by atoms with van der Waals surface area (Å²) >= 11 is 0. The van der Waals surface area contributed by atoms with Gasteiger partial charge in [0.2, 0.25) is 10.0 Å². The number of primary sulfonamides is 1. The molecule has 1 aromatic heterocycles. The summed E-state index contributed by atoms with van der Waals surface area (Å²) in [7, 11) is -1.64. The Kier molecular flexibility index (Phi) is 5.97. The first-order chi connectivity index (χ1) is 10.9. The lowest BCUT2D eigenvalue weighted by Gasteiger charge is -2.34. The van der Waals surface area contributed by atoms with Gasteiger partial charge in [-0.05, 0) is 6.92 Å². The van der Waals surface area contributed by atoms with E-state index in [4.69, 9.17) is 9.88 Å². The molecule has 1 aliphatic heterocycles. The van der Waals surface area contributed by atoms with E-state index < -0.39 is 10.0 Å². The number of hydrogen-bond donors (Lipinski definition) is 2. The van der Waals surface area contributed by atoms with Crippen LogP contribution in [-0.4, -0.2) is 67.6 Å². The van der Waals surface area contributed by atoms with Crippen LogP contribution in [0.5, 0.6) is 0 Å². The van der Waals surface area contributed by atoms with Crippen LogP contribution in [0.3, 0.4) is 0 Å². The highest BCUT2D eigenvalue weighted by molar-refractivity contribution is 7.89. The molecule has 0 amide bonds. The van der Waals surface area contributed by atoms with Gasteiger partial charge in [0.25, 0.3) is 0 Å². The fourth-order valence-corrected chi connectivity index (χ4v) is 2.70. The van der Waals surface area contributed by atoms with Crippen LogP contribution >= 0.6 is 0 Å². The molecule has 1 atom stereocenters. The molecule has 1 aromatic rings. The molecule has 10 heteroatoms. The van der Waals surface area contributed by atoms with E-state index in [0.29, 0.717) is 32.2 Å². The summed E-state index contributed by atoms with van der Waals surface area (Å²) in [6.07, 6.45) is 3.64. The van der Waals surface area contributed by atoms with E-state index in [2.05, 4.69) is 20.3 Å². The van der Waals surface area contributed by atoms with Crippen molar-refractivity contribution in [2.75, 3.05) is 38.5 Å². The summed E-state index contributed by atoms with van der Waals surface area (Å²) in [5.74, 6) is 0.506. The lowest BCUT2D eigenvalue weighted by atomic mass is 10.1. The van der Waals surface area contributed by atoms with Gasteiger partial charge in [0.1, 0.15) is 6.10 Å². The molecule has 2 heterocycles. The van der Waals surface area contributed by atoms with Crippen LogP contribution in [0, 0.1) is 0 Å². The molecule has 130 valence electrons. The Morgan fingerprint density at radius 1 is 1.61 bits per heavy atom. The molecular formula is C13H24N6O3S. The third-order valence-corrected chi connectivity index (χ3v) is 4.19. The number of nitrogens with one attached hydrogen (secondary N) is 1. The smallest absolute Gasteiger partial charge is 0.210 e. The topological polar surface area (TPSA) is 115 Å².